The van der Waals surface area contributed by atoms with Crippen molar-refractivity contribution >= 4 is 21.6 Å². The number of carboxylic acid groups (broad SMARTS) is 1. The molecule has 0 atom stereocenters. The Hall–Kier alpha value is -1.63. The van der Waals surface area contributed by atoms with E-state index in [0.717, 1.165) is 6.26 Å². The summed E-state index contributed by atoms with van der Waals surface area (Å²) in [6.07, 6.45) is 2.90. The van der Waals surface area contributed by atoms with Crippen LogP contribution in [-0.2, 0) is 14.6 Å². The maximum Gasteiger partial charge on any atom is 0.303 e. The molecule has 0 aliphatic carbocycles. The van der Waals surface area contributed by atoms with Crippen molar-refractivity contribution in [2.75, 3.05) is 11.6 Å². The van der Waals surface area contributed by atoms with E-state index in [1.807, 2.05) is 13.8 Å². The monoisotopic (exact) mass is 286 g/mol. The van der Waals surface area contributed by atoms with E-state index in [-0.39, 0.29) is 11.3 Å². The van der Waals surface area contributed by atoms with E-state index in [1.165, 1.54) is 12.3 Å². The predicted octanol–water partition coefficient (Wildman–Crippen LogP) is 1.54. The van der Waals surface area contributed by atoms with Crippen LogP contribution < -0.4 is 5.32 Å². The van der Waals surface area contributed by atoms with Crippen LogP contribution >= 0.6 is 0 Å². The molecule has 1 aromatic heterocycles. The third-order valence-corrected chi connectivity index (χ3v) is 3.69. The lowest BCUT2D eigenvalue weighted by atomic mass is 9.98. The van der Waals surface area contributed by atoms with E-state index < -0.39 is 21.3 Å². The van der Waals surface area contributed by atoms with Crippen LogP contribution in [0, 0.1) is 0 Å². The van der Waals surface area contributed by atoms with E-state index >= 15 is 0 Å². The summed E-state index contributed by atoms with van der Waals surface area (Å²) in [6.45, 7) is 3.73. The first kappa shape index (κ1) is 15.4. The summed E-state index contributed by atoms with van der Waals surface area (Å²) in [5, 5.41) is 11.7. The van der Waals surface area contributed by atoms with E-state index in [4.69, 9.17) is 5.11 Å². The van der Waals surface area contributed by atoms with Crippen molar-refractivity contribution in [2.45, 2.75) is 37.1 Å². The first-order chi connectivity index (χ1) is 8.60. The van der Waals surface area contributed by atoms with Gasteiger partial charge in [-0.1, -0.05) is 0 Å². The lowest BCUT2D eigenvalue weighted by Gasteiger charge is -2.26. The number of carbonyl (C=O) groups is 1. The quantitative estimate of drug-likeness (QED) is 0.823. The molecular weight excluding hydrogens is 268 g/mol. The van der Waals surface area contributed by atoms with Gasteiger partial charge in [-0.05, 0) is 32.4 Å². The number of nitrogens with zero attached hydrogens (tertiary/aromatic N) is 1. The van der Waals surface area contributed by atoms with E-state index in [0.29, 0.717) is 12.2 Å². The average Bonchev–Trinajstić information content (AvgIpc) is 2.25. The van der Waals surface area contributed by atoms with Gasteiger partial charge in [0.25, 0.3) is 0 Å². The molecule has 1 rings (SSSR count). The Kier molecular flexibility index (Phi) is 4.52. The largest absolute Gasteiger partial charge is 0.481 e. The Balaban J connectivity index is 2.75. The van der Waals surface area contributed by atoms with Gasteiger partial charge in [-0.2, -0.15) is 0 Å². The Morgan fingerprint density at radius 2 is 2.05 bits per heavy atom. The van der Waals surface area contributed by atoms with E-state index in [2.05, 4.69) is 10.3 Å². The summed E-state index contributed by atoms with van der Waals surface area (Å²) in [7, 11) is -3.25. The van der Waals surface area contributed by atoms with Crippen molar-refractivity contribution in [3.8, 4) is 0 Å². The van der Waals surface area contributed by atoms with Crippen LogP contribution in [0.3, 0.4) is 0 Å². The lowest BCUT2D eigenvalue weighted by Crippen LogP contribution is -2.32. The number of nitrogens with one attached hydrogen (secondary N) is 1. The second-order valence-electron chi connectivity index (χ2n) is 5.05. The molecule has 0 saturated carbocycles. The molecule has 7 heteroatoms. The van der Waals surface area contributed by atoms with Crippen LogP contribution in [0.1, 0.15) is 26.7 Å². The summed E-state index contributed by atoms with van der Waals surface area (Å²) in [4.78, 5) is 14.7. The first-order valence-electron chi connectivity index (χ1n) is 5.76. The van der Waals surface area contributed by atoms with Gasteiger partial charge in [0.2, 0.25) is 0 Å². The third-order valence-electron chi connectivity index (χ3n) is 2.59. The van der Waals surface area contributed by atoms with Crippen LogP contribution in [0.25, 0.3) is 0 Å². The normalized spacial score (nSPS) is 12.2. The molecule has 0 aliphatic rings. The Labute approximate surface area is 112 Å². The lowest BCUT2D eigenvalue weighted by molar-refractivity contribution is -0.137. The molecule has 0 bridgehead atoms. The van der Waals surface area contributed by atoms with Crippen LogP contribution in [0.4, 0.5) is 5.82 Å². The van der Waals surface area contributed by atoms with Crippen molar-refractivity contribution in [3.63, 3.8) is 0 Å². The molecule has 0 amide bonds. The molecule has 0 aliphatic heterocycles. The van der Waals surface area contributed by atoms with Gasteiger partial charge in [-0.3, -0.25) is 4.79 Å². The molecule has 0 saturated heterocycles. The number of pyridine rings is 1. The highest BCUT2D eigenvalue weighted by molar-refractivity contribution is 7.90. The SMILES string of the molecule is CC(C)(CCC(=O)O)Nc1ccc(S(C)(=O)=O)cn1. The zero-order valence-electron chi connectivity index (χ0n) is 11.2. The maximum atomic E-state index is 11.3. The predicted molar refractivity (Wildman–Crippen MR) is 71.9 cm³/mol. The van der Waals surface area contributed by atoms with E-state index in [9.17, 15) is 13.2 Å². The number of aromatic nitrogens is 1. The number of sulfone groups is 1. The third kappa shape index (κ3) is 5.25. The van der Waals surface area contributed by atoms with Crippen LogP contribution in [0.2, 0.25) is 0 Å². The molecule has 0 spiro atoms. The number of carboxylic acids is 1. The van der Waals surface area contributed by atoms with E-state index in [1.54, 1.807) is 6.07 Å². The topological polar surface area (TPSA) is 96.4 Å². The second-order valence-corrected chi connectivity index (χ2v) is 7.07. The van der Waals surface area contributed by atoms with Gasteiger partial charge in [0.05, 0.1) is 4.90 Å². The van der Waals surface area contributed by atoms with Gasteiger partial charge in [-0.25, -0.2) is 13.4 Å². The average molecular weight is 286 g/mol. The van der Waals surface area contributed by atoms with Gasteiger partial charge < -0.3 is 10.4 Å². The van der Waals surface area contributed by atoms with Crippen LogP contribution in [-0.4, -0.2) is 36.3 Å². The van der Waals surface area contributed by atoms with Crippen molar-refractivity contribution in [3.05, 3.63) is 18.3 Å². The fraction of sp³-hybridized carbons (Fsp3) is 0.500. The fourth-order valence-corrected chi connectivity index (χ4v) is 2.06. The Bertz CT molecular complexity index is 550. The smallest absolute Gasteiger partial charge is 0.303 e. The zero-order valence-corrected chi connectivity index (χ0v) is 12.0. The fourth-order valence-electron chi connectivity index (χ4n) is 1.50. The highest BCUT2D eigenvalue weighted by Crippen LogP contribution is 2.19. The molecule has 1 aromatic rings. The number of hydrogen-bond donors (Lipinski definition) is 2. The summed E-state index contributed by atoms with van der Waals surface area (Å²) in [6, 6.07) is 3.04. The second kappa shape index (κ2) is 5.56. The standard InChI is InChI=1S/C12H18N2O4S/c1-12(2,7-6-11(15)16)14-10-5-4-9(8-13-10)19(3,17)18/h4-5,8H,6-7H2,1-3H3,(H,13,14)(H,15,16). The molecular formula is C12H18N2O4S. The molecule has 2 N–H and O–H groups in total. The van der Waals surface area contributed by atoms with Crippen molar-refractivity contribution < 1.29 is 18.3 Å². The molecule has 0 fully saturated rings. The molecule has 106 valence electrons. The minimum Gasteiger partial charge on any atom is -0.481 e. The summed E-state index contributed by atoms with van der Waals surface area (Å²) in [5.41, 5.74) is -0.433. The van der Waals surface area contributed by atoms with Crippen molar-refractivity contribution in [2.24, 2.45) is 0 Å². The molecule has 19 heavy (non-hydrogen) atoms. The van der Waals surface area contributed by atoms with Crippen LogP contribution in [0.5, 0.6) is 0 Å². The number of anilines is 1. The van der Waals surface area contributed by atoms with Gasteiger partial charge in [0.1, 0.15) is 5.82 Å². The summed E-state index contributed by atoms with van der Waals surface area (Å²) < 4.78 is 22.6. The first-order valence-corrected chi connectivity index (χ1v) is 7.65. The summed E-state index contributed by atoms with van der Waals surface area (Å²) >= 11 is 0. The van der Waals surface area contributed by atoms with Crippen molar-refractivity contribution in [1.82, 2.24) is 4.98 Å². The van der Waals surface area contributed by atoms with Crippen LogP contribution in [0.15, 0.2) is 23.2 Å². The molecule has 1 heterocycles. The minimum absolute atomic E-state index is 0.0570. The highest BCUT2D eigenvalue weighted by Gasteiger charge is 2.19. The molecule has 0 unspecified atom stereocenters. The van der Waals surface area contributed by atoms with Crippen molar-refractivity contribution in [1.29, 1.82) is 0 Å². The minimum atomic E-state index is -3.25. The van der Waals surface area contributed by atoms with Gasteiger partial charge in [0, 0.05) is 24.4 Å². The van der Waals surface area contributed by atoms with Gasteiger partial charge in [0.15, 0.2) is 9.84 Å². The Morgan fingerprint density at radius 1 is 1.42 bits per heavy atom. The summed E-state index contributed by atoms with van der Waals surface area (Å²) in [5.74, 6) is -0.335. The zero-order chi connectivity index (χ0) is 14.7. The van der Waals surface area contributed by atoms with Gasteiger partial charge >= 0.3 is 5.97 Å². The molecule has 0 aromatic carbocycles. The number of aliphatic carboxylic acids is 1. The molecule has 6 nitrogen and oxygen atoms in total. The maximum absolute atomic E-state index is 11.3. The highest BCUT2D eigenvalue weighted by atomic mass is 32.2. The Morgan fingerprint density at radius 3 is 2.47 bits per heavy atom. The molecule has 0 radical (unpaired) electrons. The van der Waals surface area contributed by atoms with Gasteiger partial charge in [-0.15, -0.1) is 0 Å². The number of hydrogen-bond acceptors (Lipinski definition) is 5. The number of rotatable bonds is 6.